The Morgan fingerprint density at radius 1 is 1.56 bits per heavy atom. The van der Waals surface area contributed by atoms with E-state index in [9.17, 15) is 0 Å². The highest BCUT2D eigenvalue weighted by Crippen LogP contribution is 2.40. The number of aryl methyl sites for hydroxylation is 1. The van der Waals surface area contributed by atoms with Crippen LogP contribution in [0.4, 0.5) is 0 Å². The predicted octanol–water partition coefficient (Wildman–Crippen LogP) is 3.87. The van der Waals surface area contributed by atoms with Crippen molar-refractivity contribution in [3.05, 3.63) is 11.1 Å². The summed E-state index contributed by atoms with van der Waals surface area (Å²) in [6.45, 7) is 4.31. The van der Waals surface area contributed by atoms with Crippen LogP contribution in [0.25, 0.3) is 0 Å². The molecule has 1 heterocycles. The van der Waals surface area contributed by atoms with Crippen molar-refractivity contribution in [3.8, 4) is 6.07 Å². The standard InChI is InChI=1S/C12H16N2S2/c1-8-3-4-10(6-13)11(5-8)16-12-14-9(2)7-15-12/h7-8,10-11H,3-5H2,1-2H3. The second kappa shape index (κ2) is 5.20. The lowest BCUT2D eigenvalue weighted by molar-refractivity contribution is 0.346. The van der Waals surface area contributed by atoms with Gasteiger partial charge in [-0.2, -0.15) is 5.26 Å². The van der Waals surface area contributed by atoms with Crippen molar-refractivity contribution in [2.45, 2.75) is 42.7 Å². The van der Waals surface area contributed by atoms with E-state index in [1.165, 1.54) is 6.42 Å². The van der Waals surface area contributed by atoms with E-state index in [0.717, 1.165) is 28.8 Å². The lowest BCUT2D eigenvalue weighted by Gasteiger charge is -2.29. The molecule has 86 valence electrons. The van der Waals surface area contributed by atoms with Crippen LogP contribution in [0, 0.1) is 30.1 Å². The maximum absolute atomic E-state index is 9.15. The summed E-state index contributed by atoms with van der Waals surface area (Å²) in [4.78, 5) is 4.47. The minimum absolute atomic E-state index is 0.213. The van der Waals surface area contributed by atoms with Crippen LogP contribution in [0.2, 0.25) is 0 Å². The Morgan fingerprint density at radius 3 is 3.00 bits per heavy atom. The Balaban J connectivity index is 2.04. The Bertz CT molecular complexity index is 394. The first-order valence-electron chi connectivity index (χ1n) is 5.67. The summed E-state index contributed by atoms with van der Waals surface area (Å²) in [5.41, 5.74) is 1.09. The van der Waals surface area contributed by atoms with Crippen LogP contribution >= 0.6 is 23.1 Å². The average molecular weight is 252 g/mol. The molecule has 0 bridgehead atoms. The Kier molecular flexibility index (Phi) is 3.88. The van der Waals surface area contributed by atoms with Gasteiger partial charge in [-0.3, -0.25) is 0 Å². The van der Waals surface area contributed by atoms with E-state index in [-0.39, 0.29) is 5.92 Å². The zero-order valence-electron chi connectivity index (χ0n) is 9.64. The summed E-state index contributed by atoms with van der Waals surface area (Å²) in [6, 6.07) is 2.46. The third-order valence-corrected chi connectivity index (χ3v) is 5.52. The molecule has 3 unspecified atom stereocenters. The van der Waals surface area contributed by atoms with Crippen LogP contribution in [-0.4, -0.2) is 10.2 Å². The maximum Gasteiger partial charge on any atom is 0.150 e. The summed E-state index contributed by atoms with van der Waals surface area (Å²) in [5, 5.41) is 11.7. The van der Waals surface area contributed by atoms with E-state index < -0.39 is 0 Å². The first-order valence-corrected chi connectivity index (χ1v) is 7.43. The minimum Gasteiger partial charge on any atom is -0.235 e. The van der Waals surface area contributed by atoms with Crippen molar-refractivity contribution in [1.29, 1.82) is 5.26 Å². The van der Waals surface area contributed by atoms with Crippen molar-refractivity contribution in [2.24, 2.45) is 11.8 Å². The molecular formula is C12H16N2S2. The summed E-state index contributed by atoms with van der Waals surface area (Å²) in [7, 11) is 0. The van der Waals surface area contributed by atoms with Crippen molar-refractivity contribution in [1.82, 2.24) is 4.98 Å². The molecule has 1 fully saturated rings. The van der Waals surface area contributed by atoms with Crippen molar-refractivity contribution in [2.75, 3.05) is 0 Å². The van der Waals surface area contributed by atoms with E-state index in [1.54, 1.807) is 23.1 Å². The summed E-state index contributed by atoms with van der Waals surface area (Å²) >= 11 is 3.51. The smallest absolute Gasteiger partial charge is 0.150 e. The first-order chi connectivity index (χ1) is 7.69. The lowest BCUT2D eigenvalue weighted by Crippen LogP contribution is -2.24. The summed E-state index contributed by atoms with van der Waals surface area (Å²) < 4.78 is 1.12. The summed E-state index contributed by atoms with van der Waals surface area (Å²) in [5.74, 6) is 0.966. The van der Waals surface area contributed by atoms with Gasteiger partial charge in [0.25, 0.3) is 0 Å². The van der Waals surface area contributed by atoms with Gasteiger partial charge in [0.15, 0.2) is 0 Å². The van der Waals surface area contributed by atoms with E-state index in [2.05, 4.69) is 23.4 Å². The van der Waals surface area contributed by atoms with E-state index >= 15 is 0 Å². The highest BCUT2D eigenvalue weighted by Gasteiger charge is 2.30. The molecule has 1 aliphatic carbocycles. The molecule has 0 aliphatic heterocycles. The molecule has 0 spiro atoms. The molecule has 1 aromatic heterocycles. The Hall–Kier alpha value is -0.530. The molecule has 0 aromatic carbocycles. The highest BCUT2D eigenvalue weighted by molar-refractivity contribution is 8.01. The molecule has 0 radical (unpaired) electrons. The van der Waals surface area contributed by atoms with Crippen LogP contribution in [0.1, 0.15) is 31.9 Å². The van der Waals surface area contributed by atoms with Crippen LogP contribution in [0.3, 0.4) is 0 Å². The Labute approximate surface area is 105 Å². The predicted molar refractivity (Wildman–Crippen MR) is 68.6 cm³/mol. The molecule has 0 N–H and O–H groups in total. The Morgan fingerprint density at radius 2 is 2.38 bits per heavy atom. The quantitative estimate of drug-likeness (QED) is 0.801. The topological polar surface area (TPSA) is 36.7 Å². The minimum atomic E-state index is 0.213. The second-order valence-electron chi connectivity index (χ2n) is 4.56. The van der Waals surface area contributed by atoms with Crippen LogP contribution in [0.5, 0.6) is 0 Å². The van der Waals surface area contributed by atoms with Crippen molar-refractivity contribution >= 4 is 23.1 Å². The van der Waals surface area contributed by atoms with Gasteiger partial charge < -0.3 is 0 Å². The molecule has 1 aromatic rings. The number of hydrogen-bond donors (Lipinski definition) is 0. The number of nitriles is 1. The van der Waals surface area contributed by atoms with Crippen molar-refractivity contribution < 1.29 is 0 Å². The average Bonchev–Trinajstić information content (AvgIpc) is 2.64. The lowest BCUT2D eigenvalue weighted by atomic mass is 9.83. The zero-order chi connectivity index (χ0) is 11.5. The number of hydrogen-bond acceptors (Lipinski definition) is 4. The molecule has 3 atom stereocenters. The fraction of sp³-hybridized carbons (Fsp3) is 0.667. The van der Waals surface area contributed by atoms with Gasteiger partial charge in [-0.15, -0.1) is 11.3 Å². The first kappa shape index (κ1) is 11.9. The third-order valence-electron chi connectivity index (χ3n) is 3.07. The van der Waals surface area contributed by atoms with Crippen molar-refractivity contribution in [3.63, 3.8) is 0 Å². The van der Waals surface area contributed by atoms with Gasteiger partial charge in [0, 0.05) is 16.3 Å². The molecular weight excluding hydrogens is 236 g/mol. The fourth-order valence-corrected chi connectivity index (χ4v) is 4.62. The van der Waals surface area contributed by atoms with Crippen LogP contribution in [-0.2, 0) is 0 Å². The number of rotatable bonds is 2. The molecule has 2 rings (SSSR count). The van der Waals surface area contributed by atoms with Gasteiger partial charge in [0.1, 0.15) is 4.34 Å². The highest BCUT2D eigenvalue weighted by atomic mass is 32.2. The number of thioether (sulfide) groups is 1. The number of thiazole rings is 1. The SMILES string of the molecule is Cc1csc(SC2CC(C)CCC2C#N)n1. The second-order valence-corrected chi connectivity index (χ2v) is 6.91. The molecule has 1 aliphatic rings. The molecule has 0 saturated heterocycles. The van der Waals surface area contributed by atoms with Crippen LogP contribution < -0.4 is 0 Å². The van der Waals surface area contributed by atoms with Gasteiger partial charge in [0.2, 0.25) is 0 Å². The normalized spacial score (nSPS) is 29.9. The molecule has 16 heavy (non-hydrogen) atoms. The number of nitrogens with zero attached hydrogens (tertiary/aromatic N) is 2. The van der Waals surface area contributed by atoms with E-state index in [4.69, 9.17) is 5.26 Å². The van der Waals surface area contributed by atoms with Gasteiger partial charge in [-0.25, -0.2) is 4.98 Å². The largest absolute Gasteiger partial charge is 0.235 e. The van der Waals surface area contributed by atoms with Gasteiger partial charge in [-0.05, 0) is 32.1 Å². The molecule has 4 heteroatoms. The summed E-state index contributed by atoms with van der Waals surface area (Å²) in [6.07, 6.45) is 3.41. The van der Waals surface area contributed by atoms with Crippen LogP contribution in [0.15, 0.2) is 9.72 Å². The molecule has 1 saturated carbocycles. The van der Waals surface area contributed by atoms with Gasteiger partial charge in [-0.1, -0.05) is 18.7 Å². The molecule has 0 amide bonds. The molecule has 2 nitrogen and oxygen atoms in total. The monoisotopic (exact) mass is 252 g/mol. The fourth-order valence-electron chi connectivity index (χ4n) is 2.12. The van der Waals surface area contributed by atoms with E-state index in [1.807, 2.05) is 6.92 Å². The maximum atomic E-state index is 9.15. The van der Waals surface area contributed by atoms with E-state index in [0.29, 0.717) is 5.25 Å². The zero-order valence-corrected chi connectivity index (χ0v) is 11.3. The van der Waals surface area contributed by atoms with Gasteiger partial charge >= 0.3 is 0 Å². The third kappa shape index (κ3) is 2.78. The van der Waals surface area contributed by atoms with Gasteiger partial charge in [0.05, 0.1) is 12.0 Å². The number of aromatic nitrogens is 1.